The second-order valence-corrected chi connectivity index (χ2v) is 6.54. The van der Waals surface area contributed by atoms with Crippen LogP contribution in [0.5, 0.6) is 0 Å². The Morgan fingerprint density at radius 2 is 1.80 bits per heavy atom. The van der Waals surface area contributed by atoms with Gasteiger partial charge in [0.2, 0.25) is 0 Å². The average molecular weight is 338 g/mol. The number of amides is 2. The van der Waals surface area contributed by atoms with Crippen LogP contribution in [0.1, 0.15) is 18.9 Å². The quantitative estimate of drug-likeness (QED) is 0.912. The summed E-state index contributed by atoms with van der Waals surface area (Å²) < 4.78 is 0. The van der Waals surface area contributed by atoms with E-state index in [0.29, 0.717) is 0 Å². The maximum absolute atomic E-state index is 12.4. The number of rotatable bonds is 5. The van der Waals surface area contributed by atoms with Crippen molar-refractivity contribution in [2.24, 2.45) is 0 Å². The minimum absolute atomic E-state index is 0.0428. The van der Waals surface area contributed by atoms with Crippen molar-refractivity contribution in [3.63, 3.8) is 0 Å². The summed E-state index contributed by atoms with van der Waals surface area (Å²) in [6.45, 7) is 5.18. The second-order valence-electron chi connectivity index (χ2n) is 6.54. The largest absolute Gasteiger partial charge is 0.353 e. The molecule has 1 aromatic heterocycles. The molecule has 0 saturated carbocycles. The number of benzene rings is 1. The number of carbonyl (C=O) groups excluding carboxylic acids is 1. The summed E-state index contributed by atoms with van der Waals surface area (Å²) in [5, 5.41) is 3.13. The number of hydrogen-bond donors (Lipinski definition) is 1. The first-order chi connectivity index (χ1) is 12.2. The monoisotopic (exact) mass is 338 g/mol. The first-order valence-electron chi connectivity index (χ1n) is 8.98. The first-order valence-corrected chi connectivity index (χ1v) is 8.98. The topological polar surface area (TPSA) is 48.5 Å². The molecule has 2 heterocycles. The Morgan fingerprint density at radius 3 is 2.48 bits per heavy atom. The van der Waals surface area contributed by atoms with Crippen molar-refractivity contribution < 1.29 is 4.79 Å². The molecule has 1 N–H and O–H groups in total. The molecule has 0 aliphatic carbocycles. The minimum atomic E-state index is 0.0428. The lowest BCUT2D eigenvalue weighted by molar-refractivity contribution is 0.190. The van der Waals surface area contributed by atoms with Gasteiger partial charge in [0.15, 0.2) is 0 Å². The van der Waals surface area contributed by atoms with Crippen LogP contribution in [0.3, 0.4) is 0 Å². The van der Waals surface area contributed by atoms with Gasteiger partial charge in [-0.25, -0.2) is 9.78 Å². The van der Waals surface area contributed by atoms with Crippen LogP contribution in [0.4, 0.5) is 10.6 Å². The molecule has 2 amide bonds. The molecule has 0 spiro atoms. The first kappa shape index (κ1) is 17.3. The Bertz CT molecular complexity index is 654. The summed E-state index contributed by atoms with van der Waals surface area (Å²) in [4.78, 5) is 21.0. The van der Waals surface area contributed by atoms with Gasteiger partial charge in [-0.3, -0.25) is 0 Å². The Morgan fingerprint density at radius 1 is 1.08 bits per heavy atom. The Labute approximate surface area is 149 Å². The second kappa shape index (κ2) is 8.51. The van der Waals surface area contributed by atoms with Gasteiger partial charge >= 0.3 is 6.03 Å². The number of pyridine rings is 1. The molecule has 1 aliphatic rings. The third kappa shape index (κ3) is 4.95. The molecule has 1 aromatic carbocycles. The van der Waals surface area contributed by atoms with Crippen molar-refractivity contribution in [3.05, 3.63) is 60.3 Å². The lowest BCUT2D eigenvalue weighted by atomic mass is 10.1. The number of piperazine rings is 1. The van der Waals surface area contributed by atoms with Gasteiger partial charge in [-0.05, 0) is 37.5 Å². The number of urea groups is 1. The van der Waals surface area contributed by atoms with Crippen molar-refractivity contribution in [3.8, 4) is 0 Å². The number of carbonyl (C=O) groups is 1. The zero-order valence-electron chi connectivity index (χ0n) is 14.8. The van der Waals surface area contributed by atoms with E-state index in [1.165, 1.54) is 5.56 Å². The molecule has 5 heteroatoms. The maximum Gasteiger partial charge on any atom is 0.317 e. The van der Waals surface area contributed by atoms with E-state index in [9.17, 15) is 4.79 Å². The van der Waals surface area contributed by atoms with E-state index >= 15 is 0 Å². The highest BCUT2D eigenvalue weighted by atomic mass is 16.2. The van der Waals surface area contributed by atoms with E-state index in [2.05, 4.69) is 46.4 Å². The predicted octanol–water partition coefficient (Wildman–Crippen LogP) is 2.93. The molecule has 25 heavy (non-hydrogen) atoms. The van der Waals surface area contributed by atoms with Crippen LogP contribution < -0.4 is 10.2 Å². The van der Waals surface area contributed by atoms with Gasteiger partial charge in [0.25, 0.3) is 0 Å². The van der Waals surface area contributed by atoms with Crippen LogP contribution in [0.2, 0.25) is 0 Å². The Kier molecular flexibility index (Phi) is 5.88. The molecule has 5 nitrogen and oxygen atoms in total. The minimum Gasteiger partial charge on any atom is -0.353 e. The van der Waals surface area contributed by atoms with Crippen LogP contribution in [0, 0.1) is 0 Å². The number of aromatic nitrogens is 1. The van der Waals surface area contributed by atoms with Crippen LogP contribution in [-0.2, 0) is 6.42 Å². The number of nitrogens with one attached hydrogen (secondary N) is 1. The lowest BCUT2D eigenvalue weighted by Crippen LogP contribution is -2.53. The van der Waals surface area contributed by atoms with Crippen molar-refractivity contribution in [1.29, 1.82) is 0 Å². The van der Waals surface area contributed by atoms with Gasteiger partial charge in [0.05, 0.1) is 0 Å². The van der Waals surface area contributed by atoms with Gasteiger partial charge in [0, 0.05) is 38.4 Å². The summed E-state index contributed by atoms with van der Waals surface area (Å²) in [6.07, 6.45) is 3.74. The number of nitrogens with zero attached hydrogens (tertiary/aromatic N) is 3. The standard InChI is InChI=1S/C20H26N4O/c1-17(10-11-18-7-3-2-4-8-18)22-20(25)24-15-13-23(14-16-24)19-9-5-6-12-21-19/h2-9,12,17H,10-11,13-16H2,1H3,(H,22,25). The molecule has 0 radical (unpaired) electrons. The predicted molar refractivity (Wildman–Crippen MR) is 101 cm³/mol. The maximum atomic E-state index is 12.4. The van der Waals surface area contributed by atoms with Crippen LogP contribution in [0.15, 0.2) is 54.7 Å². The molecular formula is C20H26N4O. The molecule has 0 bridgehead atoms. The smallest absolute Gasteiger partial charge is 0.317 e. The molecule has 132 valence electrons. The lowest BCUT2D eigenvalue weighted by Gasteiger charge is -2.35. The van der Waals surface area contributed by atoms with Crippen molar-refractivity contribution >= 4 is 11.8 Å². The molecular weight excluding hydrogens is 312 g/mol. The van der Waals surface area contributed by atoms with Crippen molar-refractivity contribution in [2.45, 2.75) is 25.8 Å². The average Bonchev–Trinajstić information content (AvgIpc) is 2.68. The summed E-state index contributed by atoms with van der Waals surface area (Å²) in [6, 6.07) is 16.5. The summed E-state index contributed by atoms with van der Waals surface area (Å²) in [7, 11) is 0. The molecule has 2 aromatic rings. The molecule has 1 unspecified atom stereocenters. The normalized spacial score (nSPS) is 15.7. The molecule has 3 rings (SSSR count). The van der Waals surface area contributed by atoms with Gasteiger partial charge in [0.1, 0.15) is 5.82 Å². The number of hydrogen-bond acceptors (Lipinski definition) is 3. The van der Waals surface area contributed by atoms with Crippen LogP contribution >= 0.6 is 0 Å². The molecule has 1 atom stereocenters. The molecule has 1 saturated heterocycles. The highest BCUT2D eigenvalue weighted by molar-refractivity contribution is 5.74. The van der Waals surface area contributed by atoms with Crippen molar-refractivity contribution in [2.75, 3.05) is 31.1 Å². The number of aryl methyl sites for hydroxylation is 1. The fourth-order valence-corrected chi connectivity index (χ4v) is 3.08. The van der Waals surface area contributed by atoms with Crippen LogP contribution in [-0.4, -0.2) is 48.1 Å². The van der Waals surface area contributed by atoms with Gasteiger partial charge in [-0.2, -0.15) is 0 Å². The number of anilines is 1. The summed E-state index contributed by atoms with van der Waals surface area (Å²) in [5.41, 5.74) is 1.31. The van der Waals surface area contributed by atoms with Crippen LogP contribution in [0.25, 0.3) is 0 Å². The van der Waals surface area contributed by atoms with Gasteiger partial charge in [-0.1, -0.05) is 36.4 Å². The van der Waals surface area contributed by atoms with E-state index in [-0.39, 0.29) is 12.1 Å². The van der Waals surface area contributed by atoms with Gasteiger partial charge < -0.3 is 15.1 Å². The fourth-order valence-electron chi connectivity index (χ4n) is 3.08. The molecule has 1 aliphatic heterocycles. The van der Waals surface area contributed by atoms with E-state index in [1.807, 2.05) is 35.4 Å². The van der Waals surface area contributed by atoms with E-state index < -0.39 is 0 Å². The molecule has 1 fully saturated rings. The highest BCUT2D eigenvalue weighted by Crippen LogP contribution is 2.13. The van der Waals surface area contributed by atoms with E-state index in [4.69, 9.17) is 0 Å². The van der Waals surface area contributed by atoms with Gasteiger partial charge in [-0.15, -0.1) is 0 Å². The highest BCUT2D eigenvalue weighted by Gasteiger charge is 2.22. The van der Waals surface area contributed by atoms with Crippen molar-refractivity contribution in [1.82, 2.24) is 15.2 Å². The summed E-state index contributed by atoms with van der Waals surface area (Å²) >= 11 is 0. The third-order valence-corrected chi connectivity index (χ3v) is 4.62. The third-order valence-electron chi connectivity index (χ3n) is 4.62. The summed E-state index contributed by atoms with van der Waals surface area (Å²) in [5.74, 6) is 0.985. The van der Waals surface area contributed by atoms with E-state index in [1.54, 1.807) is 0 Å². The SMILES string of the molecule is CC(CCc1ccccc1)NC(=O)N1CCN(c2ccccn2)CC1. The fraction of sp³-hybridized carbons (Fsp3) is 0.400. The Hall–Kier alpha value is -2.56. The zero-order valence-corrected chi connectivity index (χ0v) is 14.8. The zero-order chi connectivity index (χ0) is 17.5. The van der Waals surface area contributed by atoms with E-state index in [0.717, 1.165) is 44.8 Å². The Balaban J connectivity index is 1.41.